The quantitative estimate of drug-likeness (QED) is 0.618. The first-order valence-electron chi connectivity index (χ1n) is 8.04. The highest BCUT2D eigenvalue weighted by Gasteiger charge is 2.27. The van der Waals surface area contributed by atoms with E-state index in [1.807, 2.05) is 24.3 Å². The van der Waals surface area contributed by atoms with Crippen molar-refractivity contribution >= 4 is 28.3 Å². The summed E-state index contributed by atoms with van der Waals surface area (Å²) in [6.07, 6.45) is -3.77. The molecule has 0 spiro atoms. The summed E-state index contributed by atoms with van der Waals surface area (Å²) in [5.41, 5.74) is 2.25. The molecule has 2 aromatic carbocycles. The fraction of sp³-hybridized carbons (Fsp3) is 0.222. The van der Waals surface area contributed by atoms with Crippen molar-refractivity contribution in [2.75, 3.05) is 17.2 Å². The van der Waals surface area contributed by atoms with Gasteiger partial charge in [-0.15, -0.1) is 0 Å². The van der Waals surface area contributed by atoms with Crippen molar-refractivity contribution in [1.82, 2.24) is 9.97 Å². The minimum Gasteiger partial charge on any atom is -0.375 e. The van der Waals surface area contributed by atoms with Crippen LogP contribution in [0.15, 0.2) is 48.5 Å². The monoisotopic (exact) mass is 362 g/mol. The van der Waals surface area contributed by atoms with Crippen LogP contribution >= 0.6 is 0 Å². The van der Waals surface area contributed by atoms with Crippen LogP contribution in [0.25, 0.3) is 11.0 Å². The number of benzene rings is 2. The number of aromatic amines is 1. The number of aromatic nitrogens is 2. The smallest absolute Gasteiger partial charge is 0.375 e. The second-order valence-corrected chi connectivity index (χ2v) is 5.76. The first-order valence-corrected chi connectivity index (χ1v) is 8.04. The summed E-state index contributed by atoms with van der Waals surface area (Å²) in [4.78, 5) is 19.7. The van der Waals surface area contributed by atoms with Crippen molar-refractivity contribution in [3.63, 3.8) is 0 Å². The molecule has 0 aliphatic rings. The number of halogens is 3. The molecule has 0 saturated carbocycles. The number of hydrogen-bond donors (Lipinski definition) is 3. The molecule has 1 amide bonds. The third kappa shape index (κ3) is 4.75. The first-order chi connectivity index (χ1) is 12.4. The highest BCUT2D eigenvalue weighted by Crippen LogP contribution is 2.24. The largest absolute Gasteiger partial charge is 0.405 e. The van der Waals surface area contributed by atoms with Gasteiger partial charge in [0.1, 0.15) is 12.4 Å². The fourth-order valence-electron chi connectivity index (χ4n) is 2.51. The van der Waals surface area contributed by atoms with Crippen LogP contribution < -0.4 is 10.6 Å². The third-order valence-corrected chi connectivity index (χ3v) is 3.71. The predicted molar refractivity (Wildman–Crippen MR) is 94.0 cm³/mol. The number of amides is 1. The molecule has 0 aliphatic heterocycles. The van der Waals surface area contributed by atoms with E-state index in [9.17, 15) is 18.0 Å². The maximum absolute atomic E-state index is 12.4. The number of nitrogens with zero attached hydrogens (tertiary/aromatic N) is 1. The van der Waals surface area contributed by atoms with Gasteiger partial charge in [-0.1, -0.05) is 24.3 Å². The summed E-state index contributed by atoms with van der Waals surface area (Å²) in [5, 5.41) is 4.93. The summed E-state index contributed by atoms with van der Waals surface area (Å²) < 4.78 is 37.1. The number of nitrogens with one attached hydrogen (secondary N) is 3. The Morgan fingerprint density at radius 2 is 1.73 bits per heavy atom. The molecule has 0 aliphatic carbocycles. The summed E-state index contributed by atoms with van der Waals surface area (Å²) in [6.45, 7) is -1.17. The van der Waals surface area contributed by atoms with Crippen molar-refractivity contribution in [2.24, 2.45) is 0 Å². The zero-order valence-corrected chi connectivity index (χ0v) is 13.7. The summed E-state index contributed by atoms with van der Waals surface area (Å²) in [6, 6.07) is 13.8. The van der Waals surface area contributed by atoms with E-state index >= 15 is 0 Å². The van der Waals surface area contributed by atoms with Crippen LogP contribution in [-0.4, -0.2) is 28.6 Å². The number of fused-ring (bicyclic) bond motifs is 1. The Hall–Kier alpha value is -3.03. The molecule has 5 nitrogen and oxygen atoms in total. The molecule has 3 rings (SSSR count). The maximum atomic E-state index is 12.4. The van der Waals surface area contributed by atoms with Gasteiger partial charge in [0.05, 0.1) is 22.4 Å². The molecule has 1 heterocycles. The normalized spacial score (nSPS) is 11.5. The first kappa shape index (κ1) is 17.8. The molecule has 0 radical (unpaired) electrons. The van der Waals surface area contributed by atoms with Gasteiger partial charge in [-0.25, -0.2) is 4.98 Å². The van der Waals surface area contributed by atoms with Crippen LogP contribution in [0.3, 0.4) is 0 Å². The molecule has 1 aromatic heterocycles. The highest BCUT2D eigenvalue weighted by molar-refractivity contribution is 5.94. The van der Waals surface area contributed by atoms with Crippen LogP contribution in [0, 0.1) is 0 Å². The maximum Gasteiger partial charge on any atom is 0.405 e. The molecule has 26 heavy (non-hydrogen) atoms. The van der Waals surface area contributed by atoms with Crippen LogP contribution in [0.1, 0.15) is 12.2 Å². The Morgan fingerprint density at radius 3 is 2.46 bits per heavy atom. The average molecular weight is 362 g/mol. The Kier molecular flexibility index (Phi) is 5.11. The number of imidazole rings is 1. The van der Waals surface area contributed by atoms with Gasteiger partial charge in [0.2, 0.25) is 5.91 Å². The van der Waals surface area contributed by atoms with Gasteiger partial charge in [0.15, 0.2) is 0 Å². The Bertz CT molecular complexity index is 872. The van der Waals surface area contributed by atoms with Crippen LogP contribution in [-0.2, 0) is 11.2 Å². The predicted octanol–water partition coefficient (Wildman–Crippen LogP) is 4.11. The van der Waals surface area contributed by atoms with Gasteiger partial charge in [0.25, 0.3) is 0 Å². The van der Waals surface area contributed by atoms with Crippen LogP contribution in [0.5, 0.6) is 0 Å². The number of alkyl halides is 3. The van der Waals surface area contributed by atoms with E-state index in [0.29, 0.717) is 17.9 Å². The zero-order valence-electron chi connectivity index (χ0n) is 13.7. The van der Waals surface area contributed by atoms with E-state index in [-0.39, 0.29) is 18.0 Å². The SMILES string of the molecule is O=C(CCc1nc2ccccc2[nH]1)Nc1ccccc1NCC(F)(F)F. The second kappa shape index (κ2) is 7.47. The van der Waals surface area contributed by atoms with Gasteiger partial charge >= 0.3 is 6.18 Å². The molecule has 3 N–H and O–H groups in total. The fourth-order valence-corrected chi connectivity index (χ4v) is 2.51. The number of carbonyl (C=O) groups is 1. The van der Waals surface area contributed by atoms with Crippen molar-refractivity contribution in [2.45, 2.75) is 19.0 Å². The lowest BCUT2D eigenvalue weighted by molar-refractivity contribution is -0.116. The number of aryl methyl sites for hydroxylation is 1. The van der Waals surface area contributed by atoms with Gasteiger partial charge in [-0.3, -0.25) is 4.79 Å². The van der Waals surface area contributed by atoms with E-state index in [2.05, 4.69) is 20.6 Å². The number of para-hydroxylation sites is 4. The molecular weight excluding hydrogens is 345 g/mol. The van der Waals surface area contributed by atoms with E-state index < -0.39 is 12.7 Å². The Labute approximate surface area is 147 Å². The van der Waals surface area contributed by atoms with Gasteiger partial charge in [0, 0.05) is 12.8 Å². The molecule has 0 saturated heterocycles. The lowest BCUT2D eigenvalue weighted by Crippen LogP contribution is -2.22. The Morgan fingerprint density at radius 1 is 1.04 bits per heavy atom. The Balaban J connectivity index is 1.59. The number of H-pyrrole nitrogens is 1. The van der Waals surface area contributed by atoms with Crippen LogP contribution in [0.2, 0.25) is 0 Å². The van der Waals surface area contributed by atoms with Gasteiger partial charge in [-0.2, -0.15) is 13.2 Å². The average Bonchev–Trinajstić information content (AvgIpc) is 3.01. The summed E-state index contributed by atoms with van der Waals surface area (Å²) >= 11 is 0. The molecular formula is C18H17F3N4O. The van der Waals surface area contributed by atoms with E-state index in [1.165, 1.54) is 6.07 Å². The van der Waals surface area contributed by atoms with E-state index in [1.54, 1.807) is 18.2 Å². The third-order valence-electron chi connectivity index (χ3n) is 3.71. The zero-order chi connectivity index (χ0) is 18.6. The van der Waals surface area contributed by atoms with E-state index in [4.69, 9.17) is 0 Å². The molecule has 0 fully saturated rings. The number of carbonyl (C=O) groups excluding carboxylic acids is 1. The lowest BCUT2D eigenvalue weighted by Gasteiger charge is -2.14. The molecule has 0 bridgehead atoms. The minimum atomic E-state index is -4.33. The summed E-state index contributed by atoms with van der Waals surface area (Å²) in [5.74, 6) is 0.386. The van der Waals surface area contributed by atoms with Gasteiger partial charge in [-0.05, 0) is 24.3 Å². The van der Waals surface area contributed by atoms with Crippen molar-refractivity contribution in [1.29, 1.82) is 0 Å². The number of hydrogen-bond acceptors (Lipinski definition) is 3. The topological polar surface area (TPSA) is 69.8 Å². The molecule has 136 valence electrons. The molecule has 0 atom stereocenters. The summed E-state index contributed by atoms with van der Waals surface area (Å²) in [7, 11) is 0. The lowest BCUT2D eigenvalue weighted by atomic mass is 10.2. The standard InChI is InChI=1S/C18H17F3N4O/c19-18(20,21)11-22-12-5-1-2-6-13(12)25-17(26)10-9-16-23-14-7-3-4-8-15(14)24-16/h1-8,22H,9-11H2,(H,23,24)(H,25,26). The van der Waals surface area contributed by atoms with E-state index in [0.717, 1.165) is 11.0 Å². The van der Waals surface area contributed by atoms with Crippen molar-refractivity contribution in [3.8, 4) is 0 Å². The highest BCUT2D eigenvalue weighted by atomic mass is 19.4. The van der Waals surface area contributed by atoms with Gasteiger partial charge < -0.3 is 15.6 Å². The van der Waals surface area contributed by atoms with Crippen molar-refractivity contribution < 1.29 is 18.0 Å². The molecule has 0 unspecified atom stereocenters. The van der Waals surface area contributed by atoms with Crippen molar-refractivity contribution in [3.05, 3.63) is 54.4 Å². The number of anilines is 2. The number of rotatable bonds is 6. The molecule has 3 aromatic rings. The van der Waals surface area contributed by atoms with Crippen LogP contribution in [0.4, 0.5) is 24.5 Å². The molecule has 8 heteroatoms. The second-order valence-electron chi connectivity index (χ2n) is 5.76. The minimum absolute atomic E-state index is 0.160.